The molecule has 0 spiro atoms. The van der Waals surface area contributed by atoms with Gasteiger partial charge in [-0.25, -0.2) is 27.2 Å². The van der Waals surface area contributed by atoms with E-state index < -0.39 is 58.2 Å². The fourth-order valence-corrected chi connectivity index (χ4v) is 8.35. The van der Waals surface area contributed by atoms with Crippen LogP contribution in [-0.2, 0) is 35.5 Å². The Morgan fingerprint density at radius 3 is 2.10 bits per heavy atom. The number of hydrogen-bond donors (Lipinski definition) is 2. The number of benzene rings is 3. The number of esters is 2. The summed E-state index contributed by atoms with van der Waals surface area (Å²) in [4.78, 5) is 37.9. The Morgan fingerprint density at radius 2 is 1.57 bits per heavy atom. The number of ether oxygens (including phenoxy) is 4. The van der Waals surface area contributed by atoms with Gasteiger partial charge in [-0.2, -0.15) is 22.6 Å². The second-order valence-electron chi connectivity index (χ2n) is 13.6. The molecule has 3 fully saturated rings. The first-order valence-corrected chi connectivity index (χ1v) is 20.1. The largest absolute Gasteiger partial charge is 0.619 e. The van der Waals surface area contributed by atoms with Crippen LogP contribution in [-0.4, -0.2) is 82.5 Å². The van der Waals surface area contributed by atoms with Crippen LogP contribution in [0.5, 0.6) is 11.5 Å². The van der Waals surface area contributed by atoms with E-state index in [1.165, 1.54) is 56.7 Å². The minimum absolute atomic E-state index is 0.000485. The molecule has 3 atom stereocenters. The molecular weight excluding hydrogens is 865 g/mol. The van der Waals surface area contributed by atoms with Gasteiger partial charge in [0, 0.05) is 18.5 Å². The van der Waals surface area contributed by atoms with E-state index >= 15 is 0 Å². The van der Waals surface area contributed by atoms with Gasteiger partial charge in [0.05, 0.1) is 24.7 Å². The number of rotatable bonds is 13. The van der Waals surface area contributed by atoms with Crippen LogP contribution in [0.3, 0.4) is 0 Å². The summed E-state index contributed by atoms with van der Waals surface area (Å²) in [5, 5.41) is 19.1. The molecule has 7 rings (SSSR count). The standard InChI is InChI=1S/C37H36Cl2FN3O9S.C2HF3O2/c1-49-31-11-8-24(17-33(31)50-2)32(18-28-29(38)19-43(46)20-30(28)39)51-36(44)23-6-9-27(10-7-23)53(47,48)41-35(25-4-3-5-26(40)16-25)37(45)52-34-21-42-14-12-22(34)13-15-42;3-2(4,5)1(6)7/h3-11,16-17,19-20,22,32,34-35,41H,12-15,18,21H2,1-2H3;(H,6,7)/t32?,34-,35?;/m0./s1. The normalized spacial score (nSPS) is 18.3. The number of piperidine rings is 3. The fourth-order valence-electron chi connectivity index (χ4n) is 6.58. The van der Waals surface area contributed by atoms with Crippen LogP contribution in [0.15, 0.2) is 84.0 Å². The van der Waals surface area contributed by atoms with Crippen molar-refractivity contribution < 1.29 is 69.1 Å². The van der Waals surface area contributed by atoms with Crippen molar-refractivity contribution in [2.24, 2.45) is 5.92 Å². The average Bonchev–Trinajstić information content (AvgIpc) is 3.20. The molecule has 0 saturated carbocycles. The average molecular weight is 903 g/mol. The van der Waals surface area contributed by atoms with Gasteiger partial charge < -0.3 is 29.3 Å². The van der Waals surface area contributed by atoms with Crippen molar-refractivity contribution in [3.63, 3.8) is 0 Å². The lowest BCUT2D eigenvalue weighted by atomic mass is 9.86. The summed E-state index contributed by atoms with van der Waals surface area (Å²) < 4.78 is 98.7. The molecule has 322 valence electrons. The van der Waals surface area contributed by atoms with Gasteiger partial charge >= 0.3 is 24.1 Å². The molecule has 3 saturated heterocycles. The molecule has 4 heterocycles. The first-order chi connectivity index (χ1) is 28.3. The molecular formula is C39H37Cl2F4N3O11S. The topological polar surface area (TPSA) is 185 Å². The number of carboxylic acids is 1. The SMILES string of the molecule is COc1ccc(C(Cc2c(Cl)c[n+]([O-])cc2Cl)OC(=O)c2ccc(S(=O)(=O)NC(C(=O)O[C@H]3CN4CCC3CC4)c3cccc(F)c3)cc2)cc1OC.O=C(O)C(F)(F)F. The molecule has 2 N–H and O–H groups in total. The maximum atomic E-state index is 14.3. The van der Waals surface area contributed by atoms with Crippen molar-refractivity contribution in [1.29, 1.82) is 0 Å². The summed E-state index contributed by atoms with van der Waals surface area (Å²) in [6, 6.07) is 13.3. The molecule has 3 aliphatic rings. The van der Waals surface area contributed by atoms with Crippen LogP contribution in [0.4, 0.5) is 17.6 Å². The third-order valence-electron chi connectivity index (χ3n) is 9.67. The zero-order chi connectivity index (χ0) is 43.9. The summed E-state index contributed by atoms with van der Waals surface area (Å²) in [5.41, 5.74) is 0.907. The highest BCUT2D eigenvalue weighted by Crippen LogP contribution is 2.36. The van der Waals surface area contributed by atoms with E-state index in [4.69, 9.17) is 52.1 Å². The van der Waals surface area contributed by atoms with E-state index in [-0.39, 0.29) is 38.4 Å². The van der Waals surface area contributed by atoms with E-state index in [1.807, 2.05) is 0 Å². The Balaban J connectivity index is 0.000000896. The molecule has 2 bridgehead atoms. The van der Waals surface area contributed by atoms with Crippen molar-refractivity contribution in [3.05, 3.63) is 122 Å². The predicted octanol–water partition coefficient (Wildman–Crippen LogP) is 6.21. The number of fused-ring (bicyclic) bond motifs is 3. The quantitative estimate of drug-likeness (QED) is 0.0670. The van der Waals surface area contributed by atoms with Gasteiger partial charge in [-0.3, -0.25) is 4.90 Å². The molecule has 1 aromatic heterocycles. The third-order valence-corrected chi connectivity index (χ3v) is 11.8. The zero-order valence-corrected chi connectivity index (χ0v) is 34.0. The Labute approximate surface area is 351 Å². The van der Waals surface area contributed by atoms with Crippen LogP contribution in [0.25, 0.3) is 0 Å². The Hall–Kier alpha value is -5.21. The fraction of sp³-hybridized carbons (Fsp3) is 0.333. The molecule has 3 aromatic carbocycles. The predicted molar refractivity (Wildman–Crippen MR) is 205 cm³/mol. The van der Waals surface area contributed by atoms with E-state index in [0.29, 0.717) is 33.9 Å². The number of alkyl halides is 3. The Morgan fingerprint density at radius 1 is 0.950 bits per heavy atom. The van der Waals surface area contributed by atoms with Crippen LogP contribution >= 0.6 is 23.2 Å². The summed E-state index contributed by atoms with van der Waals surface area (Å²) in [6.45, 7) is 2.38. The van der Waals surface area contributed by atoms with Gasteiger partial charge in [-0.15, -0.1) is 0 Å². The highest BCUT2D eigenvalue weighted by Gasteiger charge is 2.40. The number of nitrogens with one attached hydrogen (secondary N) is 1. The first kappa shape index (κ1) is 45.9. The number of hydrogen-bond acceptors (Lipinski definition) is 11. The smallest absolute Gasteiger partial charge is 0.490 e. The number of halogens is 6. The van der Waals surface area contributed by atoms with E-state index in [2.05, 4.69) is 9.62 Å². The first-order valence-electron chi connectivity index (χ1n) is 17.9. The summed E-state index contributed by atoms with van der Waals surface area (Å²) >= 11 is 12.7. The molecule has 21 heteroatoms. The van der Waals surface area contributed by atoms with Crippen molar-refractivity contribution >= 4 is 51.1 Å². The van der Waals surface area contributed by atoms with Gasteiger partial charge in [0.1, 0.15) is 34.1 Å². The molecule has 4 aromatic rings. The number of pyridine rings is 1. The van der Waals surface area contributed by atoms with Gasteiger partial charge in [-0.1, -0.05) is 41.4 Å². The molecule has 3 aliphatic heterocycles. The third kappa shape index (κ3) is 11.5. The Bertz CT molecular complexity index is 2290. The highest BCUT2D eigenvalue weighted by atomic mass is 35.5. The van der Waals surface area contributed by atoms with Crippen molar-refractivity contribution in [3.8, 4) is 11.5 Å². The molecule has 2 unspecified atom stereocenters. The number of carbonyl (C=O) groups excluding carboxylic acids is 2. The second-order valence-corrected chi connectivity index (χ2v) is 16.1. The van der Waals surface area contributed by atoms with Crippen LogP contribution in [0.2, 0.25) is 10.0 Å². The van der Waals surface area contributed by atoms with Gasteiger partial charge in [0.2, 0.25) is 10.0 Å². The molecule has 0 radical (unpaired) electrons. The minimum Gasteiger partial charge on any atom is -0.619 e. The van der Waals surface area contributed by atoms with Crippen molar-refractivity contribution in [2.75, 3.05) is 33.9 Å². The van der Waals surface area contributed by atoms with E-state index in [0.717, 1.165) is 44.4 Å². The van der Waals surface area contributed by atoms with Crippen LogP contribution in [0.1, 0.15) is 52.0 Å². The number of aliphatic carboxylic acids is 1. The molecule has 14 nitrogen and oxygen atoms in total. The number of methoxy groups -OCH3 is 2. The van der Waals surface area contributed by atoms with Gasteiger partial charge in [0.25, 0.3) is 0 Å². The molecule has 0 amide bonds. The maximum Gasteiger partial charge on any atom is 0.490 e. The van der Waals surface area contributed by atoms with Gasteiger partial charge in [0.15, 0.2) is 23.9 Å². The number of sulfonamides is 1. The second kappa shape index (κ2) is 19.4. The summed E-state index contributed by atoms with van der Waals surface area (Å²) in [6.07, 6.45) is -2.54. The van der Waals surface area contributed by atoms with Gasteiger partial charge in [-0.05, 0) is 91.5 Å². The number of nitrogens with zero attached hydrogens (tertiary/aromatic N) is 2. The summed E-state index contributed by atoms with van der Waals surface area (Å²) in [5.74, 6) is -4.11. The van der Waals surface area contributed by atoms with Crippen LogP contribution in [0, 0.1) is 16.9 Å². The zero-order valence-electron chi connectivity index (χ0n) is 31.7. The van der Waals surface area contributed by atoms with E-state index in [9.17, 15) is 40.8 Å². The van der Waals surface area contributed by atoms with Crippen molar-refractivity contribution in [1.82, 2.24) is 9.62 Å². The minimum atomic E-state index is -5.08. The molecule has 0 aliphatic carbocycles. The number of carboxylic acid groups (broad SMARTS) is 1. The number of aromatic nitrogens is 1. The lowest BCUT2D eigenvalue weighted by molar-refractivity contribution is -0.605. The monoisotopic (exact) mass is 901 g/mol. The lowest BCUT2D eigenvalue weighted by Gasteiger charge is -2.44. The highest BCUT2D eigenvalue weighted by molar-refractivity contribution is 7.89. The van der Waals surface area contributed by atoms with Crippen molar-refractivity contribution in [2.45, 2.75) is 48.6 Å². The Kier molecular flexibility index (Phi) is 14.9. The lowest BCUT2D eigenvalue weighted by Crippen LogP contribution is -2.52. The maximum absolute atomic E-state index is 14.3. The van der Waals surface area contributed by atoms with E-state index in [1.54, 1.807) is 18.2 Å². The summed E-state index contributed by atoms with van der Waals surface area (Å²) in [7, 11) is -1.49. The number of carbonyl (C=O) groups is 3. The molecule has 60 heavy (non-hydrogen) atoms. The van der Waals surface area contributed by atoms with Crippen LogP contribution < -0.4 is 18.9 Å².